The third kappa shape index (κ3) is 4.00. The number of benzene rings is 1. The van der Waals surface area contributed by atoms with E-state index in [4.69, 9.17) is 9.15 Å². The minimum Gasteiger partial charge on any atom is -0.490 e. The zero-order valence-corrected chi connectivity index (χ0v) is 13.4. The van der Waals surface area contributed by atoms with Crippen molar-refractivity contribution in [2.24, 2.45) is 5.92 Å². The Morgan fingerprint density at radius 2 is 2.22 bits per heavy atom. The van der Waals surface area contributed by atoms with Crippen LogP contribution in [0.25, 0.3) is 0 Å². The van der Waals surface area contributed by atoms with Crippen molar-refractivity contribution in [3.8, 4) is 5.75 Å². The number of hydrogen-bond donors (Lipinski definition) is 0. The molecule has 0 N–H and O–H groups in total. The van der Waals surface area contributed by atoms with Gasteiger partial charge in [0.15, 0.2) is 11.6 Å². The third-order valence-electron chi connectivity index (χ3n) is 4.02. The number of nitrogens with zero attached hydrogens (tertiary/aromatic N) is 3. The van der Waals surface area contributed by atoms with Gasteiger partial charge in [0.05, 0.1) is 6.61 Å². The minimum absolute atomic E-state index is 0.313. The number of anilines is 1. The number of hydrogen-bond acceptors (Lipinski definition) is 5. The summed E-state index contributed by atoms with van der Waals surface area (Å²) < 4.78 is 24.9. The van der Waals surface area contributed by atoms with Gasteiger partial charge in [-0.15, -0.1) is 5.10 Å². The second-order valence-electron chi connectivity index (χ2n) is 5.92. The van der Waals surface area contributed by atoms with E-state index in [0.29, 0.717) is 30.2 Å². The van der Waals surface area contributed by atoms with Crippen LogP contribution in [0.15, 0.2) is 28.7 Å². The lowest BCUT2D eigenvalue weighted by molar-refractivity contribution is 0.218. The van der Waals surface area contributed by atoms with Gasteiger partial charge in [0.2, 0.25) is 5.89 Å². The van der Waals surface area contributed by atoms with Gasteiger partial charge in [-0.1, -0.05) is 24.2 Å². The highest BCUT2D eigenvalue weighted by Gasteiger charge is 2.24. The Hall–Kier alpha value is -2.11. The van der Waals surface area contributed by atoms with Crippen molar-refractivity contribution in [2.45, 2.75) is 32.6 Å². The quantitative estimate of drug-likeness (QED) is 0.816. The van der Waals surface area contributed by atoms with E-state index in [9.17, 15) is 4.39 Å². The van der Waals surface area contributed by atoms with Gasteiger partial charge >= 0.3 is 6.01 Å². The molecule has 1 aliphatic rings. The lowest BCUT2D eigenvalue weighted by atomic mass is 9.99. The predicted molar refractivity (Wildman–Crippen MR) is 85.1 cm³/mol. The van der Waals surface area contributed by atoms with Gasteiger partial charge in [0.1, 0.15) is 0 Å². The van der Waals surface area contributed by atoms with Crippen LogP contribution in [0.1, 0.15) is 32.1 Å². The number of aromatic nitrogens is 2. The molecule has 5 nitrogen and oxygen atoms in total. The summed E-state index contributed by atoms with van der Waals surface area (Å²) in [5.41, 5.74) is 0. The van der Waals surface area contributed by atoms with E-state index in [1.54, 1.807) is 18.2 Å². The maximum Gasteiger partial charge on any atom is 0.318 e. The fraction of sp³-hybridized carbons (Fsp3) is 0.529. The van der Waals surface area contributed by atoms with E-state index in [2.05, 4.69) is 22.0 Å². The van der Waals surface area contributed by atoms with Gasteiger partial charge in [-0.2, -0.15) is 0 Å². The van der Waals surface area contributed by atoms with E-state index >= 15 is 0 Å². The monoisotopic (exact) mass is 319 g/mol. The van der Waals surface area contributed by atoms with Gasteiger partial charge < -0.3 is 14.1 Å². The molecule has 1 atom stereocenters. The Bertz CT molecular complexity index is 632. The Kier molecular flexibility index (Phi) is 5.10. The van der Waals surface area contributed by atoms with E-state index in [1.807, 2.05) is 0 Å². The smallest absolute Gasteiger partial charge is 0.318 e. The Morgan fingerprint density at radius 1 is 1.35 bits per heavy atom. The molecule has 2 aromatic rings. The molecule has 1 fully saturated rings. The second-order valence-corrected chi connectivity index (χ2v) is 5.92. The first-order valence-electron chi connectivity index (χ1n) is 8.21. The average Bonchev–Trinajstić information content (AvgIpc) is 3.04. The van der Waals surface area contributed by atoms with Crippen LogP contribution in [0, 0.1) is 11.7 Å². The lowest BCUT2D eigenvalue weighted by Crippen LogP contribution is -2.38. The Balaban J connectivity index is 1.56. The summed E-state index contributed by atoms with van der Waals surface area (Å²) in [5.74, 6) is 1.01. The highest BCUT2D eigenvalue weighted by atomic mass is 19.1. The van der Waals surface area contributed by atoms with Crippen molar-refractivity contribution < 1.29 is 13.5 Å². The molecule has 0 saturated carbocycles. The third-order valence-corrected chi connectivity index (χ3v) is 4.02. The van der Waals surface area contributed by atoms with Crippen LogP contribution in [0.2, 0.25) is 0 Å². The molecule has 0 amide bonds. The molecule has 2 heterocycles. The van der Waals surface area contributed by atoms with E-state index in [-0.39, 0.29) is 5.82 Å². The van der Waals surface area contributed by atoms with Crippen molar-refractivity contribution in [3.63, 3.8) is 0 Å². The van der Waals surface area contributed by atoms with Gasteiger partial charge in [-0.3, -0.25) is 0 Å². The zero-order chi connectivity index (χ0) is 16.1. The molecule has 0 spiro atoms. The SMILES string of the molecule is CCCc1nnc(N2CCC[C@@H](COc3ccccc3F)C2)o1. The van der Waals surface area contributed by atoms with Crippen molar-refractivity contribution in [3.05, 3.63) is 36.0 Å². The first-order valence-corrected chi connectivity index (χ1v) is 8.21. The number of rotatable bonds is 6. The molecular formula is C17H22FN3O2. The number of piperidine rings is 1. The molecule has 6 heteroatoms. The number of para-hydroxylation sites is 1. The topological polar surface area (TPSA) is 51.4 Å². The van der Waals surface area contributed by atoms with Crippen LogP contribution in [0.4, 0.5) is 10.4 Å². The molecule has 0 aliphatic carbocycles. The van der Waals surface area contributed by atoms with Crippen molar-refractivity contribution >= 4 is 6.01 Å². The Labute approximate surface area is 135 Å². The summed E-state index contributed by atoms with van der Waals surface area (Å²) in [6, 6.07) is 7.10. The van der Waals surface area contributed by atoms with Crippen LogP contribution >= 0.6 is 0 Å². The molecule has 0 unspecified atom stereocenters. The van der Waals surface area contributed by atoms with Crippen LogP contribution in [-0.4, -0.2) is 29.9 Å². The molecule has 1 aromatic heterocycles. The fourth-order valence-corrected chi connectivity index (χ4v) is 2.83. The molecule has 1 aliphatic heterocycles. The maximum absolute atomic E-state index is 13.6. The maximum atomic E-state index is 13.6. The molecule has 1 aromatic carbocycles. The number of aryl methyl sites for hydroxylation is 1. The largest absolute Gasteiger partial charge is 0.490 e. The average molecular weight is 319 g/mol. The normalized spacial score (nSPS) is 18.2. The zero-order valence-electron chi connectivity index (χ0n) is 13.4. The molecule has 124 valence electrons. The summed E-state index contributed by atoms with van der Waals surface area (Å²) in [7, 11) is 0. The molecule has 1 saturated heterocycles. The standard InChI is InChI=1S/C17H22FN3O2/c1-2-6-16-19-20-17(23-16)21-10-5-7-13(11-21)12-22-15-9-4-3-8-14(15)18/h3-4,8-9,13H,2,5-7,10-12H2,1H3/t13-/m1/s1. The summed E-state index contributed by atoms with van der Waals surface area (Å²) in [6.07, 6.45) is 3.89. The van der Waals surface area contributed by atoms with Gasteiger partial charge in [0, 0.05) is 25.4 Å². The summed E-state index contributed by atoms with van der Waals surface area (Å²) in [5, 5.41) is 8.21. The second kappa shape index (κ2) is 7.44. The van der Waals surface area contributed by atoms with E-state index in [0.717, 1.165) is 38.8 Å². The van der Waals surface area contributed by atoms with E-state index in [1.165, 1.54) is 6.07 Å². The van der Waals surface area contributed by atoms with Crippen LogP contribution in [0.5, 0.6) is 5.75 Å². The van der Waals surface area contributed by atoms with Crippen LogP contribution < -0.4 is 9.64 Å². The summed E-state index contributed by atoms with van der Waals surface area (Å²) in [6.45, 7) is 4.28. The van der Waals surface area contributed by atoms with Gasteiger partial charge in [-0.05, 0) is 31.4 Å². The van der Waals surface area contributed by atoms with Crippen LogP contribution in [-0.2, 0) is 6.42 Å². The molecular weight excluding hydrogens is 297 g/mol. The van der Waals surface area contributed by atoms with Crippen molar-refractivity contribution in [2.75, 3.05) is 24.6 Å². The summed E-state index contributed by atoms with van der Waals surface area (Å²) in [4.78, 5) is 2.10. The van der Waals surface area contributed by atoms with Gasteiger partial charge in [-0.25, -0.2) is 4.39 Å². The Morgan fingerprint density at radius 3 is 3.04 bits per heavy atom. The number of halogens is 1. The van der Waals surface area contributed by atoms with Crippen molar-refractivity contribution in [1.82, 2.24) is 10.2 Å². The first kappa shape index (κ1) is 15.8. The van der Waals surface area contributed by atoms with Gasteiger partial charge in [0.25, 0.3) is 0 Å². The fourth-order valence-electron chi connectivity index (χ4n) is 2.83. The molecule has 3 rings (SSSR count). The van der Waals surface area contributed by atoms with Crippen molar-refractivity contribution in [1.29, 1.82) is 0 Å². The molecule has 23 heavy (non-hydrogen) atoms. The minimum atomic E-state index is -0.318. The number of ether oxygens (including phenoxy) is 1. The first-order chi connectivity index (χ1) is 11.3. The molecule has 0 radical (unpaired) electrons. The van der Waals surface area contributed by atoms with Crippen LogP contribution in [0.3, 0.4) is 0 Å². The lowest BCUT2D eigenvalue weighted by Gasteiger charge is -2.31. The van der Waals surface area contributed by atoms with E-state index < -0.39 is 0 Å². The molecule has 0 bridgehead atoms. The highest BCUT2D eigenvalue weighted by molar-refractivity contribution is 5.26. The summed E-state index contributed by atoms with van der Waals surface area (Å²) >= 11 is 0. The predicted octanol–water partition coefficient (Wildman–Crippen LogP) is 3.46. The highest BCUT2D eigenvalue weighted by Crippen LogP contribution is 2.24.